The molecule has 0 radical (unpaired) electrons. The first-order chi connectivity index (χ1) is 8.78. The number of fused-ring (bicyclic) bond motifs is 1. The highest BCUT2D eigenvalue weighted by molar-refractivity contribution is 7.15. The summed E-state index contributed by atoms with van der Waals surface area (Å²) in [5.74, 6) is 1.63. The number of nitrogens with two attached hydrogens (primary N) is 1. The average Bonchev–Trinajstić information content (AvgIpc) is 2.96. The summed E-state index contributed by atoms with van der Waals surface area (Å²) in [6.45, 7) is 3.01. The van der Waals surface area contributed by atoms with Crippen LogP contribution in [0, 0.1) is 6.92 Å². The number of rotatable bonds is 3. The topological polar surface area (TPSA) is 57.4 Å². The molecule has 1 aliphatic heterocycles. The van der Waals surface area contributed by atoms with Crippen molar-refractivity contribution in [2.75, 3.05) is 13.3 Å². The van der Waals surface area contributed by atoms with Crippen molar-refractivity contribution < 1.29 is 9.47 Å². The smallest absolute Gasteiger partial charge is 0.231 e. The fourth-order valence-corrected chi connectivity index (χ4v) is 3.00. The molecule has 0 aliphatic carbocycles. The second-order valence-electron chi connectivity index (χ2n) is 4.18. The van der Waals surface area contributed by atoms with E-state index in [0.717, 1.165) is 33.4 Å². The maximum absolute atomic E-state index is 5.54. The van der Waals surface area contributed by atoms with E-state index in [4.69, 9.17) is 15.2 Å². The van der Waals surface area contributed by atoms with Crippen molar-refractivity contribution in [2.45, 2.75) is 13.3 Å². The summed E-state index contributed by atoms with van der Waals surface area (Å²) in [4.78, 5) is 5.53. The van der Waals surface area contributed by atoms with E-state index in [2.05, 4.69) is 11.9 Å². The molecule has 1 aliphatic rings. The molecule has 0 saturated heterocycles. The van der Waals surface area contributed by atoms with Crippen molar-refractivity contribution >= 4 is 11.3 Å². The Morgan fingerprint density at radius 2 is 2.11 bits per heavy atom. The molecule has 4 nitrogen and oxygen atoms in total. The average molecular weight is 262 g/mol. The second-order valence-corrected chi connectivity index (χ2v) is 5.29. The number of aromatic nitrogens is 1. The molecule has 5 heteroatoms. The van der Waals surface area contributed by atoms with Crippen LogP contribution in [-0.2, 0) is 6.42 Å². The largest absolute Gasteiger partial charge is 0.454 e. The molecule has 0 atom stereocenters. The van der Waals surface area contributed by atoms with E-state index >= 15 is 0 Å². The predicted molar refractivity (Wildman–Crippen MR) is 71.2 cm³/mol. The molecule has 2 N–H and O–H groups in total. The van der Waals surface area contributed by atoms with Gasteiger partial charge in [-0.2, -0.15) is 0 Å². The fourth-order valence-electron chi connectivity index (χ4n) is 1.98. The molecule has 0 fully saturated rings. The summed E-state index contributed by atoms with van der Waals surface area (Å²) in [5, 5.41) is 1.07. The molecule has 2 heterocycles. The van der Waals surface area contributed by atoms with Gasteiger partial charge >= 0.3 is 0 Å². The summed E-state index contributed by atoms with van der Waals surface area (Å²) in [6, 6.07) is 4.04. The standard InChI is InChI=1S/C13H14N2O2S/c1-8-4-10-11(17-7-16-10)5-9(8)12-6-15-13(18-12)2-3-14/h4-6H,2-3,7,14H2,1H3. The van der Waals surface area contributed by atoms with Crippen LogP contribution in [0.25, 0.3) is 10.4 Å². The van der Waals surface area contributed by atoms with Gasteiger partial charge in [-0.15, -0.1) is 11.3 Å². The summed E-state index contributed by atoms with van der Waals surface area (Å²) < 4.78 is 10.8. The van der Waals surface area contributed by atoms with Crippen LogP contribution in [0.3, 0.4) is 0 Å². The van der Waals surface area contributed by atoms with Gasteiger partial charge in [0.2, 0.25) is 6.79 Å². The van der Waals surface area contributed by atoms with Crippen molar-refractivity contribution in [3.63, 3.8) is 0 Å². The van der Waals surface area contributed by atoms with Gasteiger partial charge in [-0.1, -0.05) is 0 Å². The lowest BCUT2D eigenvalue weighted by Gasteiger charge is -2.04. The van der Waals surface area contributed by atoms with Gasteiger partial charge in [-0.3, -0.25) is 0 Å². The Hall–Kier alpha value is -1.59. The normalized spacial score (nSPS) is 13.0. The van der Waals surface area contributed by atoms with Crippen LogP contribution < -0.4 is 15.2 Å². The zero-order valence-electron chi connectivity index (χ0n) is 10.1. The van der Waals surface area contributed by atoms with E-state index in [1.165, 1.54) is 5.56 Å². The molecule has 0 amide bonds. The van der Waals surface area contributed by atoms with Crippen LogP contribution in [0.4, 0.5) is 0 Å². The third kappa shape index (κ3) is 1.95. The summed E-state index contributed by atoms with van der Waals surface area (Å²) in [7, 11) is 0. The van der Waals surface area contributed by atoms with Gasteiger partial charge in [0.15, 0.2) is 11.5 Å². The highest BCUT2D eigenvalue weighted by Gasteiger charge is 2.17. The Morgan fingerprint density at radius 3 is 2.89 bits per heavy atom. The Labute approximate surface area is 109 Å². The lowest BCUT2D eigenvalue weighted by molar-refractivity contribution is 0.174. The molecule has 0 spiro atoms. The van der Waals surface area contributed by atoms with E-state index in [1.54, 1.807) is 11.3 Å². The maximum Gasteiger partial charge on any atom is 0.231 e. The van der Waals surface area contributed by atoms with Gasteiger partial charge in [0.05, 0.1) is 9.88 Å². The molecule has 94 valence electrons. The van der Waals surface area contributed by atoms with Gasteiger partial charge < -0.3 is 15.2 Å². The summed E-state index contributed by atoms with van der Waals surface area (Å²) >= 11 is 1.68. The summed E-state index contributed by atoms with van der Waals surface area (Å²) in [6.07, 6.45) is 2.73. The quantitative estimate of drug-likeness (QED) is 0.922. The number of hydrogen-bond donors (Lipinski definition) is 1. The van der Waals surface area contributed by atoms with Crippen molar-refractivity contribution in [1.82, 2.24) is 4.98 Å². The van der Waals surface area contributed by atoms with E-state index in [1.807, 2.05) is 18.3 Å². The van der Waals surface area contributed by atoms with Crippen LogP contribution >= 0.6 is 11.3 Å². The zero-order valence-corrected chi connectivity index (χ0v) is 10.9. The first-order valence-corrected chi connectivity index (χ1v) is 6.65. The molecule has 2 aromatic rings. The number of hydrogen-bond acceptors (Lipinski definition) is 5. The zero-order chi connectivity index (χ0) is 12.5. The highest BCUT2D eigenvalue weighted by atomic mass is 32.1. The highest BCUT2D eigenvalue weighted by Crippen LogP contribution is 2.39. The minimum Gasteiger partial charge on any atom is -0.454 e. The van der Waals surface area contributed by atoms with Crippen LogP contribution in [-0.4, -0.2) is 18.3 Å². The van der Waals surface area contributed by atoms with E-state index in [-0.39, 0.29) is 0 Å². The summed E-state index contributed by atoms with van der Waals surface area (Å²) in [5.41, 5.74) is 7.86. The van der Waals surface area contributed by atoms with Crippen LogP contribution in [0.5, 0.6) is 11.5 Å². The van der Waals surface area contributed by atoms with Crippen molar-refractivity contribution in [1.29, 1.82) is 0 Å². The number of aryl methyl sites for hydroxylation is 1. The first-order valence-electron chi connectivity index (χ1n) is 5.83. The number of benzene rings is 1. The lowest BCUT2D eigenvalue weighted by Crippen LogP contribution is -2.01. The van der Waals surface area contributed by atoms with E-state index in [0.29, 0.717) is 13.3 Å². The van der Waals surface area contributed by atoms with E-state index in [9.17, 15) is 0 Å². The van der Waals surface area contributed by atoms with Crippen LogP contribution in [0.2, 0.25) is 0 Å². The third-order valence-electron chi connectivity index (χ3n) is 2.90. The van der Waals surface area contributed by atoms with Crippen molar-refractivity contribution in [3.8, 4) is 21.9 Å². The fraction of sp³-hybridized carbons (Fsp3) is 0.308. The van der Waals surface area contributed by atoms with Gasteiger partial charge in [0, 0.05) is 18.2 Å². The molecule has 1 aromatic carbocycles. The van der Waals surface area contributed by atoms with Crippen molar-refractivity contribution in [2.24, 2.45) is 5.73 Å². The molecular weight excluding hydrogens is 248 g/mol. The monoisotopic (exact) mass is 262 g/mol. The lowest BCUT2D eigenvalue weighted by atomic mass is 10.1. The minimum absolute atomic E-state index is 0.305. The van der Waals surface area contributed by atoms with E-state index < -0.39 is 0 Å². The van der Waals surface area contributed by atoms with Crippen LogP contribution in [0.1, 0.15) is 10.6 Å². The molecular formula is C13H14N2O2S. The molecule has 0 bridgehead atoms. The molecule has 0 saturated carbocycles. The molecule has 1 aromatic heterocycles. The second kappa shape index (κ2) is 4.59. The Kier molecular flexibility index (Phi) is 2.93. The van der Waals surface area contributed by atoms with Crippen molar-refractivity contribution in [3.05, 3.63) is 28.9 Å². The Balaban J connectivity index is 2.00. The van der Waals surface area contributed by atoms with Gasteiger partial charge in [0.1, 0.15) is 0 Å². The Morgan fingerprint density at radius 1 is 1.33 bits per heavy atom. The minimum atomic E-state index is 0.305. The first kappa shape index (κ1) is 11.5. The number of ether oxygens (including phenoxy) is 2. The van der Waals surface area contributed by atoms with Gasteiger partial charge in [-0.05, 0) is 31.2 Å². The SMILES string of the molecule is Cc1cc2c(cc1-c1cnc(CCN)s1)OCO2. The molecule has 3 rings (SSSR count). The van der Waals surface area contributed by atoms with Gasteiger partial charge in [-0.25, -0.2) is 4.98 Å². The number of thiazole rings is 1. The maximum atomic E-state index is 5.54. The number of nitrogens with zero attached hydrogens (tertiary/aromatic N) is 1. The van der Waals surface area contributed by atoms with Crippen LogP contribution in [0.15, 0.2) is 18.3 Å². The third-order valence-corrected chi connectivity index (χ3v) is 3.99. The van der Waals surface area contributed by atoms with Gasteiger partial charge in [0.25, 0.3) is 0 Å². The molecule has 18 heavy (non-hydrogen) atoms. The molecule has 0 unspecified atom stereocenters. The Bertz CT molecular complexity index is 580. The predicted octanol–water partition coefficient (Wildman–Crippen LogP) is 2.35.